The van der Waals surface area contributed by atoms with Crippen LogP contribution in [0.2, 0.25) is 0 Å². The molecule has 64 valence electrons. The lowest BCUT2D eigenvalue weighted by atomic mass is 9.75. The summed E-state index contributed by atoms with van der Waals surface area (Å²) in [4.78, 5) is 0. The number of aliphatic hydroxyl groups is 1. The van der Waals surface area contributed by atoms with Crippen molar-refractivity contribution in [2.24, 2.45) is 0 Å². The molecule has 0 heterocycles. The molecular weight excluding hydrogens is 150 g/mol. The van der Waals surface area contributed by atoms with Crippen LogP contribution in [-0.4, -0.2) is 5.11 Å². The van der Waals surface area contributed by atoms with Crippen molar-refractivity contribution in [2.45, 2.75) is 24.9 Å². The van der Waals surface area contributed by atoms with E-state index >= 15 is 0 Å². The van der Waals surface area contributed by atoms with E-state index in [9.17, 15) is 5.11 Å². The predicted molar refractivity (Wildman–Crippen MR) is 48.6 cm³/mol. The molecule has 0 aromatic heterocycles. The van der Waals surface area contributed by atoms with Crippen molar-refractivity contribution in [2.75, 3.05) is 5.73 Å². The van der Waals surface area contributed by atoms with Crippen LogP contribution in [0, 0.1) is 0 Å². The molecule has 0 atom stereocenters. The Morgan fingerprint density at radius 2 is 1.75 bits per heavy atom. The zero-order valence-corrected chi connectivity index (χ0v) is 6.96. The van der Waals surface area contributed by atoms with Crippen LogP contribution >= 0.6 is 0 Å². The molecule has 1 aliphatic rings. The average molecular weight is 163 g/mol. The third-order valence-electron chi connectivity index (χ3n) is 2.63. The smallest absolute Gasteiger partial charge is 0.0896 e. The second-order valence-electron chi connectivity index (χ2n) is 3.51. The van der Waals surface area contributed by atoms with Crippen molar-refractivity contribution in [1.29, 1.82) is 0 Å². The van der Waals surface area contributed by atoms with Crippen LogP contribution in [0.15, 0.2) is 24.3 Å². The minimum atomic E-state index is -0.548. The van der Waals surface area contributed by atoms with E-state index in [4.69, 9.17) is 5.73 Å². The molecule has 0 bridgehead atoms. The van der Waals surface area contributed by atoms with E-state index < -0.39 is 5.60 Å². The van der Waals surface area contributed by atoms with Gasteiger partial charge in [0.1, 0.15) is 0 Å². The van der Waals surface area contributed by atoms with E-state index in [0.717, 1.165) is 30.5 Å². The molecule has 2 heteroatoms. The van der Waals surface area contributed by atoms with Gasteiger partial charge in [-0.2, -0.15) is 0 Å². The zero-order chi connectivity index (χ0) is 8.60. The van der Waals surface area contributed by atoms with Crippen LogP contribution in [-0.2, 0) is 5.60 Å². The second-order valence-corrected chi connectivity index (χ2v) is 3.51. The number of hydrogen-bond donors (Lipinski definition) is 2. The number of anilines is 1. The Morgan fingerprint density at radius 3 is 2.17 bits per heavy atom. The molecule has 0 saturated heterocycles. The first-order valence-corrected chi connectivity index (χ1v) is 4.29. The van der Waals surface area contributed by atoms with Crippen LogP contribution in [0.25, 0.3) is 0 Å². The first kappa shape index (κ1) is 7.62. The van der Waals surface area contributed by atoms with Gasteiger partial charge in [0.15, 0.2) is 0 Å². The second kappa shape index (κ2) is 2.49. The van der Waals surface area contributed by atoms with Crippen molar-refractivity contribution in [3.63, 3.8) is 0 Å². The van der Waals surface area contributed by atoms with Gasteiger partial charge in [0.2, 0.25) is 0 Å². The SMILES string of the molecule is Nc1ccc(C2(O)CCC2)cc1. The summed E-state index contributed by atoms with van der Waals surface area (Å²) in [5.74, 6) is 0. The first-order chi connectivity index (χ1) is 5.71. The Kier molecular flexibility index (Phi) is 1.58. The van der Waals surface area contributed by atoms with E-state index in [0.29, 0.717) is 0 Å². The summed E-state index contributed by atoms with van der Waals surface area (Å²) in [5, 5.41) is 9.93. The molecular formula is C10H13NO. The molecule has 1 aromatic carbocycles. The Bertz CT molecular complexity index is 274. The highest BCUT2D eigenvalue weighted by Crippen LogP contribution is 2.40. The van der Waals surface area contributed by atoms with Crippen molar-refractivity contribution in [3.05, 3.63) is 29.8 Å². The van der Waals surface area contributed by atoms with Gasteiger partial charge in [0.25, 0.3) is 0 Å². The number of hydrogen-bond acceptors (Lipinski definition) is 2. The van der Waals surface area contributed by atoms with E-state index in [2.05, 4.69) is 0 Å². The molecule has 12 heavy (non-hydrogen) atoms. The van der Waals surface area contributed by atoms with Gasteiger partial charge in [0.05, 0.1) is 5.60 Å². The van der Waals surface area contributed by atoms with E-state index in [1.54, 1.807) is 0 Å². The molecule has 1 fully saturated rings. The van der Waals surface area contributed by atoms with Crippen molar-refractivity contribution in [3.8, 4) is 0 Å². The van der Waals surface area contributed by atoms with Crippen LogP contribution in [0.3, 0.4) is 0 Å². The summed E-state index contributed by atoms with van der Waals surface area (Å²) in [6, 6.07) is 7.50. The maximum Gasteiger partial charge on any atom is 0.0896 e. The Hall–Kier alpha value is -1.02. The van der Waals surface area contributed by atoms with Crippen molar-refractivity contribution < 1.29 is 5.11 Å². The molecule has 1 aliphatic carbocycles. The summed E-state index contributed by atoms with van der Waals surface area (Å²) in [5.41, 5.74) is 6.75. The summed E-state index contributed by atoms with van der Waals surface area (Å²) in [6.45, 7) is 0. The summed E-state index contributed by atoms with van der Waals surface area (Å²) >= 11 is 0. The lowest BCUT2D eigenvalue weighted by molar-refractivity contribution is -0.0387. The maximum absolute atomic E-state index is 9.93. The first-order valence-electron chi connectivity index (χ1n) is 4.29. The van der Waals surface area contributed by atoms with Crippen LogP contribution in [0.1, 0.15) is 24.8 Å². The predicted octanol–water partition coefficient (Wildman–Crippen LogP) is 1.64. The molecule has 0 spiro atoms. The third kappa shape index (κ3) is 1.08. The average Bonchev–Trinajstić information content (AvgIpc) is 2.02. The maximum atomic E-state index is 9.93. The highest BCUT2D eigenvalue weighted by Gasteiger charge is 2.35. The molecule has 3 N–H and O–H groups in total. The minimum absolute atomic E-state index is 0.548. The largest absolute Gasteiger partial charge is 0.399 e. The van der Waals surface area contributed by atoms with Gasteiger partial charge in [0, 0.05) is 5.69 Å². The summed E-state index contributed by atoms with van der Waals surface area (Å²) < 4.78 is 0. The Labute approximate surface area is 72.0 Å². The van der Waals surface area contributed by atoms with Gasteiger partial charge in [-0.15, -0.1) is 0 Å². The number of nitrogen functional groups attached to an aromatic ring is 1. The Morgan fingerprint density at radius 1 is 1.17 bits per heavy atom. The molecule has 0 radical (unpaired) electrons. The van der Waals surface area contributed by atoms with Crippen molar-refractivity contribution in [1.82, 2.24) is 0 Å². The molecule has 1 aromatic rings. The number of benzene rings is 1. The molecule has 0 aliphatic heterocycles. The topological polar surface area (TPSA) is 46.2 Å². The minimum Gasteiger partial charge on any atom is -0.399 e. The van der Waals surface area contributed by atoms with Gasteiger partial charge in [-0.05, 0) is 37.0 Å². The molecule has 2 nitrogen and oxygen atoms in total. The quantitative estimate of drug-likeness (QED) is 0.618. The third-order valence-corrected chi connectivity index (χ3v) is 2.63. The molecule has 1 saturated carbocycles. The fourth-order valence-corrected chi connectivity index (χ4v) is 1.59. The monoisotopic (exact) mass is 163 g/mol. The van der Waals surface area contributed by atoms with Gasteiger partial charge >= 0.3 is 0 Å². The molecule has 2 rings (SSSR count). The highest BCUT2D eigenvalue weighted by atomic mass is 16.3. The van der Waals surface area contributed by atoms with Gasteiger partial charge < -0.3 is 10.8 Å². The normalized spacial score (nSPS) is 20.1. The molecule has 0 amide bonds. The Balaban J connectivity index is 2.28. The fraction of sp³-hybridized carbons (Fsp3) is 0.400. The van der Waals surface area contributed by atoms with Crippen LogP contribution < -0.4 is 5.73 Å². The summed E-state index contributed by atoms with van der Waals surface area (Å²) in [7, 11) is 0. The number of rotatable bonds is 1. The summed E-state index contributed by atoms with van der Waals surface area (Å²) in [6.07, 6.45) is 2.90. The fourth-order valence-electron chi connectivity index (χ4n) is 1.59. The lowest BCUT2D eigenvalue weighted by Crippen LogP contribution is -2.33. The van der Waals surface area contributed by atoms with E-state index in [-0.39, 0.29) is 0 Å². The van der Waals surface area contributed by atoms with Crippen molar-refractivity contribution >= 4 is 5.69 Å². The standard InChI is InChI=1S/C10H13NO/c11-9-4-2-8(3-5-9)10(12)6-1-7-10/h2-5,12H,1,6-7,11H2. The van der Waals surface area contributed by atoms with Crippen LogP contribution in [0.4, 0.5) is 5.69 Å². The zero-order valence-electron chi connectivity index (χ0n) is 6.96. The van der Waals surface area contributed by atoms with Gasteiger partial charge in [-0.3, -0.25) is 0 Å². The highest BCUT2D eigenvalue weighted by molar-refractivity contribution is 5.41. The van der Waals surface area contributed by atoms with E-state index in [1.165, 1.54) is 0 Å². The van der Waals surface area contributed by atoms with Gasteiger partial charge in [-0.25, -0.2) is 0 Å². The molecule has 0 unspecified atom stereocenters. The number of nitrogens with two attached hydrogens (primary N) is 1. The van der Waals surface area contributed by atoms with Gasteiger partial charge in [-0.1, -0.05) is 12.1 Å². The van der Waals surface area contributed by atoms with Crippen LogP contribution in [0.5, 0.6) is 0 Å². The van der Waals surface area contributed by atoms with E-state index in [1.807, 2.05) is 24.3 Å². The lowest BCUT2D eigenvalue weighted by Gasteiger charge is -2.37.